The lowest BCUT2D eigenvalue weighted by molar-refractivity contribution is -0.0675. The third-order valence-electron chi connectivity index (χ3n) is 12.4. The molecule has 4 heterocycles. The molecule has 2 aliphatic carbocycles. The number of nitrogens with one attached hydrogen (secondary N) is 1. The maximum atomic E-state index is 14.7. The number of allylic oxidation sites excluding steroid dienone is 1. The summed E-state index contributed by atoms with van der Waals surface area (Å²) in [6.45, 7) is 5.77. The van der Waals surface area contributed by atoms with Crippen LogP contribution in [0.5, 0.6) is 11.6 Å². The Kier molecular flexibility index (Phi) is 10.5. The average molecular weight is 791 g/mol. The number of rotatable bonds is 5. The van der Waals surface area contributed by atoms with E-state index in [2.05, 4.69) is 48.3 Å². The molecule has 1 saturated heterocycles. The van der Waals surface area contributed by atoms with Gasteiger partial charge in [0, 0.05) is 68.6 Å². The first-order valence-corrected chi connectivity index (χ1v) is 21.5. The van der Waals surface area contributed by atoms with Crippen LogP contribution in [-0.4, -0.2) is 95.6 Å². The first kappa shape index (κ1) is 38.0. The van der Waals surface area contributed by atoms with Crippen LogP contribution < -0.4 is 19.1 Å². The minimum absolute atomic E-state index is 0.0182. The van der Waals surface area contributed by atoms with Crippen molar-refractivity contribution in [3.63, 3.8) is 0 Å². The molecule has 12 nitrogen and oxygen atoms in total. The molecule has 55 heavy (non-hydrogen) atoms. The van der Waals surface area contributed by atoms with Crippen molar-refractivity contribution in [2.75, 3.05) is 57.7 Å². The van der Waals surface area contributed by atoms with E-state index in [4.69, 9.17) is 25.8 Å². The van der Waals surface area contributed by atoms with Crippen LogP contribution in [0, 0.1) is 17.8 Å². The van der Waals surface area contributed by atoms with Crippen molar-refractivity contribution in [3.05, 3.63) is 82.0 Å². The van der Waals surface area contributed by atoms with E-state index >= 15 is 0 Å². The van der Waals surface area contributed by atoms with Crippen molar-refractivity contribution >= 4 is 39.0 Å². The van der Waals surface area contributed by atoms with Crippen molar-refractivity contribution in [1.82, 2.24) is 19.4 Å². The predicted octanol–water partition coefficient (Wildman–Crippen LogP) is 5.83. The fourth-order valence-corrected chi connectivity index (χ4v) is 11.4. The average Bonchev–Trinajstić information content (AvgIpc) is 3.44. The van der Waals surface area contributed by atoms with Gasteiger partial charge in [0.2, 0.25) is 5.88 Å². The summed E-state index contributed by atoms with van der Waals surface area (Å²) in [6.07, 6.45) is 12.1. The summed E-state index contributed by atoms with van der Waals surface area (Å²) < 4.78 is 40.9. The van der Waals surface area contributed by atoms with Gasteiger partial charge in [-0.25, -0.2) is 4.21 Å². The minimum Gasteiger partial charge on any atom is -0.490 e. The second-order valence-electron chi connectivity index (χ2n) is 16.2. The Bertz CT molecular complexity index is 2120. The van der Waals surface area contributed by atoms with Gasteiger partial charge in [0.15, 0.2) is 0 Å². The zero-order chi connectivity index (χ0) is 38.5. The lowest BCUT2D eigenvalue weighted by Crippen LogP contribution is -2.60. The number of carbonyl (C=O) groups excluding carboxylic acids is 2. The highest BCUT2D eigenvalue weighted by Crippen LogP contribution is 2.47. The summed E-state index contributed by atoms with van der Waals surface area (Å²) in [5.74, 6) is 0.154. The highest BCUT2D eigenvalue weighted by atomic mass is 35.5. The van der Waals surface area contributed by atoms with E-state index in [0.717, 1.165) is 69.0 Å². The van der Waals surface area contributed by atoms with Gasteiger partial charge in [0.25, 0.3) is 11.8 Å². The van der Waals surface area contributed by atoms with E-state index in [9.17, 15) is 13.8 Å². The van der Waals surface area contributed by atoms with Crippen LogP contribution in [0.3, 0.4) is 0 Å². The molecule has 2 amide bonds. The third-order valence-corrected chi connectivity index (χ3v) is 14.6. The number of aryl methyl sites for hydroxylation is 2. The number of amides is 2. The molecular weight excluding hydrogens is 740 g/mol. The van der Waals surface area contributed by atoms with E-state index < -0.39 is 21.7 Å². The van der Waals surface area contributed by atoms with Gasteiger partial charge >= 0.3 is 0 Å². The number of likely N-dealkylation sites (tertiary alicyclic amines) is 1. The molecule has 1 aromatic heterocycles. The number of nitrogens with zero attached hydrogens (tertiary/aromatic N) is 5. The second kappa shape index (κ2) is 15.2. The number of fused-ring (bicyclic) bond motifs is 4. The maximum absolute atomic E-state index is 14.7. The van der Waals surface area contributed by atoms with Crippen molar-refractivity contribution in [2.45, 2.75) is 63.0 Å². The zero-order valence-electron chi connectivity index (χ0n) is 32.0. The number of ether oxygens (including phenoxy) is 3. The van der Waals surface area contributed by atoms with Gasteiger partial charge in [-0.1, -0.05) is 36.7 Å². The maximum Gasteiger partial charge on any atom is 0.286 e. The summed E-state index contributed by atoms with van der Waals surface area (Å²) in [5, 5.41) is 4.92. The largest absolute Gasteiger partial charge is 0.490 e. The molecule has 294 valence electrons. The smallest absolute Gasteiger partial charge is 0.286 e. The molecule has 2 bridgehead atoms. The summed E-state index contributed by atoms with van der Waals surface area (Å²) in [5.41, 5.74) is 3.50. The Morgan fingerprint density at radius 2 is 1.96 bits per heavy atom. The third kappa shape index (κ3) is 7.52. The molecule has 2 aromatic carbocycles. The van der Waals surface area contributed by atoms with Crippen LogP contribution in [0.2, 0.25) is 5.02 Å². The number of methoxy groups -OCH3 is 2. The highest BCUT2D eigenvalue weighted by Gasteiger charge is 2.46. The molecule has 8 rings (SSSR count). The molecule has 1 saturated carbocycles. The molecule has 1 N–H and O–H groups in total. The predicted molar refractivity (Wildman–Crippen MR) is 213 cm³/mol. The normalized spacial score (nSPS) is 30.4. The summed E-state index contributed by atoms with van der Waals surface area (Å²) >= 11 is 6.50. The molecule has 3 aliphatic heterocycles. The molecule has 1 unspecified atom stereocenters. The standard InChI is InChI=1S/C41H51ClN6O6S/c1-26-7-5-9-35(47-20-31(21-47)52-3)32-13-10-29(32)19-48-24-41(16-6-8-27-17-30(42)12-14-34(27)41)25-54-37-15-11-28(18-36(37)48)38(49)44-55(51,23-26)45-39(50)33-22-46(2)43-40(33)53-4/h5,9,11-12,14-15,17-18,22,26,29,31-32,35H,6-8,10,13,16,19-21,23-25H2,1-4H3,(H,44,45,49,50,51)/b9-5-/t26-,29-,32+,35-,41-,55?/m0/s1. The zero-order valence-corrected chi connectivity index (χ0v) is 33.6. The quantitative estimate of drug-likeness (QED) is 0.318. The van der Waals surface area contributed by atoms with E-state index in [0.29, 0.717) is 30.6 Å². The van der Waals surface area contributed by atoms with Crippen LogP contribution in [-0.2, 0) is 33.5 Å². The van der Waals surface area contributed by atoms with Crippen molar-refractivity contribution in [1.29, 1.82) is 0 Å². The van der Waals surface area contributed by atoms with Crippen LogP contribution >= 0.6 is 11.6 Å². The molecule has 5 aliphatic rings. The second-order valence-corrected chi connectivity index (χ2v) is 18.7. The Balaban J connectivity index is 1.20. The van der Waals surface area contributed by atoms with Gasteiger partial charge in [0.1, 0.15) is 21.2 Å². The first-order chi connectivity index (χ1) is 26.5. The molecule has 3 aromatic rings. The number of halogens is 1. The molecule has 14 heteroatoms. The Hall–Kier alpha value is -3.91. The van der Waals surface area contributed by atoms with Crippen molar-refractivity contribution in [3.8, 4) is 11.6 Å². The summed E-state index contributed by atoms with van der Waals surface area (Å²) in [7, 11) is 1.25. The Morgan fingerprint density at radius 3 is 2.73 bits per heavy atom. The first-order valence-electron chi connectivity index (χ1n) is 19.4. The number of aromatic nitrogens is 2. The van der Waals surface area contributed by atoms with Crippen LogP contribution in [0.25, 0.3) is 0 Å². The van der Waals surface area contributed by atoms with E-state index in [1.807, 2.05) is 25.1 Å². The van der Waals surface area contributed by atoms with Crippen LogP contribution in [0.15, 0.2) is 59.1 Å². The summed E-state index contributed by atoms with van der Waals surface area (Å²) in [4.78, 5) is 32.7. The van der Waals surface area contributed by atoms with E-state index in [1.165, 1.54) is 29.1 Å². The topological polar surface area (TPSA) is 128 Å². The molecule has 6 atom stereocenters. The van der Waals surface area contributed by atoms with Gasteiger partial charge in [0.05, 0.1) is 31.3 Å². The van der Waals surface area contributed by atoms with Gasteiger partial charge < -0.3 is 19.1 Å². The lowest BCUT2D eigenvalue weighted by atomic mass is 9.67. The van der Waals surface area contributed by atoms with Crippen molar-refractivity contribution in [2.24, 2.45) is 29.2 Å². The van der Waals surface area contributed by atoms with Crippen LogP contribution in [0.4, 0.5) is 5.69 Å². The summed E-state index contributed by atoms with van der Waals surface area (Å²) in [6, 6.07) is 11.9. The SMILES string of the molecule is COc1nn(C)cc1C(=O)NS1(=O)=NC(=O)c2ccc3c(c2)N(C[C@@H]2CC[C@H]2[C@@H](N2CC(OC)C2)/C=C\C[C@H](C)C1)C[C@@]1(CCCc2cc(Cl)ccc21)CO3. The van der Waals surface area contributed by atoms with Gasteiger partial charge in [-0.3, -0.25) is 23.9 Å². The van der Waals surface area contributed by atoms with Crippen molar-refractivity contribution < 1.29 is 28.0 Å². The minimum atomic E-state index is -3.60. The van der Waals surface area contributed by atoms with Gasteiger partial charge in [-0.05, 0) is 97.7 Å². The van der Waals surface area contributed by atoms with Crippen LogP contribution in [0.1, 0.15) is 70.9 Å². The number of anilines is 1. The fourth-order valence-electron chi connectivity index (χ4n) is 9.37. The fraction of sp³-hybridized carbons (Fsp3) is 0.537. The molecular formula is C41H51ClN6O6S. The van der Waals surface area contributed by atoms with Gasteiger partial charge in [-0.2, -0.15) is 0 Å². The number of carbonyl (C=O) groups is 2. The Labute approximate surface area is 328 Å². The number of hydrogen-bond acceptors (Lipinski definition) is 9. The molecule has 2 fully saturated rings. The Morgan fingerprint density at radius 1 is 1.13 bits per heavy atom. The lowest BCUT2D eigenvalue weighted by Gasteiger charge is -2.52. The number of hydrogen-bond donors (Lipinski definition) is 1. The van der Waals surface area contributed by atoms with E-state index in [-0.39, 0.29) is 46.2 Å². The number of benzene rings is 2. The van der Waals surface area contributed by atoms with Gasteiger partial charge in [-0.15, -0.1) is 9.46 Å². The monoisotopic (exact) mass is 790 g/mol. The molecule has 0 radical (unpaired) electrons. The molecule has 1 spiro atoms. The highest BCUT2D eigenvalue weighted by molar-refractivity contribution is 7.92. The van der Waals surface area contributed by atoms with E-state index in [1.54, 1.807) is 20.2 Å².